The monoisotopic (exact) mass is 375 g/mol. The first-order chi connectivity index (χ1) is 13.1. The number of hydrogen-bond acceptors (Lipinski definition) is 5. The fraction of sp³-hybridized carbons (Fsp3) is 0.190. The van der Waals surface area contributed by atoms with Gasteiger partial charge in [-0.25, -0.2) is 4.79 Å². The van der Waals surface area contributed by atoms with Crippen LogP contribution in [-0.4, -0.2) is 16.4 Å². The van der Waals surface area contributed by atoms with Gasteiger partial charge in [-0.15, -0.1) is 16.4 Å². The SMILES string of the molecule is CCc1c(C2=NN=C(C)Cc3cc4[nH]c(=O)oc4cc32)sc2ccccc12. The number of fused-ring (bicyclic) bond motifs is 3. The molecule has 1 N–H and O–H groups in total. The Bertz CT molecular complexity index is 1320. The molecule has 0 radical (unpaired) electrons. The average Bonchev–Trinajstić information content (AvgIpc) is 3.15. The fourth-order valence-electron chi connectivity index (χ4n) is 3.72. The largest absolute Gasteiger partial charge is 0.417 e. The Hall–Kier alpha value is -2.99. The molecule has 4 aromatic rings. The molecule has 0 saturated heterocycles. The zero-order valence-electron chi connectivity index (χ0n) is 15.0. The van der Waals surface area contributed by atoms with Crippen molar-refractivity contribution in [2.75, 3.05) is 0 Å². The molecule has 5 nitrogen and oxygen atoms in total. The number of hydrogen-bond donors (Lipinski definition) is 1. The third-order valence-corrected chi connectivity index (χ3v) is 6.15. The molecule has 0 atom stereocenters. The minimum atomic E-state index is -0.440. The van der Waals surface area contributed by atoms with E-state index >= 15 is 0 Å². The van der Waals surface area contributed by atoms with Crippen LogP contribution in [0.2, 0.25) is 0 Å². The summed E-state index contributed by atoms with van der Waals surface area (Å²) in [6.07, 6.45) is 1.61. The van der Waals surface area contributed by atoms with Crippen molar-refractivity contribution in [1.82, 2.24) is 4.98 Å². The maximum absolute atomic E-state index is 11.6. The fourth-order valence-corrected chi connectivity index (χ4v) is 5.01. The van der Waals surface area contributed by atoms with E-state index in [9.17, 15) is 4.79 Å². The summed E-state index contributed by atoms with van der Waals surface area (Å²) >= 11 is 1.74. The van der Waals surface area contributed by atoms with Crippen molar-refractivity contribution >= 4 is 43.9 Å². The molecule has 1 aliphatic rings. The summed E-state index contributed by atoms with van der Waals surface area (Å²) in [5, 5.41) is 10.3. The second-order valence-corrected chi connectivity index (χ2v) is 7.79. The number of aryl methyl sites for hydroxylation is 1. The number of H-pyrrole nitrogens is 1. The zero-order valence-corrected chi connectivity index (χ0v) is 15.8. The molecule has 0 amide bonds. The van der Waals surface area contributed by atoms with Crippen LogP contribution in [-0.2, 0) is 12.8 Å². The van der Waals surface area contributed by atoms with E-state index in [1.165, 1.54) is 15.6 Å². The molecule has 0 aliphatic carbocycles. The maximum Gasteiger partial charge on any atom is 0.417 e. The molecule has 0 unspecified atom stereocenters. The van der Waals surface area contributed by atoms with Crippen molar-refractivity contribution in [3.05, 3.63) is 68.5 Å². The molecule has 134 valence electrons. The van der Waals surface area contributed by atoms with E-state index in [-0.39, 0.29) is 0 Å². The van der Waals surface area contributed by atoms with Gasteiger partial charge in [-0.2, -0.15) is 5.10 Å². The van der Waals surface area contributed by atoms with Gasteiger partial charge in [0.05, 0.1) is 10.4 Å². The smallest absolute Gasteiger partial charge is 0.408 e. The quantitative estimate of drug-likeness (QED) is 0.553. The van der Waals surface area contributed by atoms with Crippen LogP contribution < -0.4 is 5.76 Å². The molecule has 3 heterocycles. The number of benzene rings is 2. The number of rotatable bonds is 2. The molecule has 0 fully saturated rings. The summed E-state index contributed by atoms with van der Waals surface area (Å²) in [4.78, 5) is 15.5. The van der Waals surface area contributed by atoms with Crippen molar-refractivity contribution < 1.29 is 4.42 Å². The Morgan fingerprint density at radius 3 is 2.93 bits per heavy atom. The Morgan fingerprint density at radius 2 is 2.07 bits per heavy atom. The molecular weight excluding hydrogens is 358 g/mol. The molecule has 2 aromatic carbocycles. The molecule has 0 spiro atoms. The minimum absolute atomic E-state index is 0.440. The summed E-state index contributed by atoms with van der Waals surface area (Å²) < 4.78 is 6.54. The molecule has 0 bridgehead atoms. The molecule has 5 rings (SSSR count). The van der Waals surface area contributed by atoms with Gasteiger partial charge in [0.1, 0.15) is 5.71 Å². The van der Waals surface area contributed by atoms with E-state index in [4.69, 9.17) is 4.42 Å². The van der Waals surface area contributed by atoms with Crippen LogP contribution in [0.3, 0.4) is 0 Å². The average molecular weight is 375 g/mol. The number of oxazole rings is 1. The van der Waals surface area contributed by atoms with Crippen molar-refractivity contribution in [2.24, 2.45) is 10.2 Å². The van der Waals surface area contributed by atoms with Crippen molar-refractivity contribution in [2.45, 2.75) is 26.7 Å². The lowest BCUT2D eigenvalue weighted by molar-refractivity contribution is 0.555. The van der Waals surface area contributed by atoms with Gasteiger partial charge in [-0.3, -0.25) is 4.98 Å². The van der Waals surface area contributed by atoms with Crippen LogP contribution in [0.15, 0.2) is 55.8 Å². The van der Waals surface area contributed by atoms with Crippen LogP contribution in [0.1, 0.15) is 35.4 Å². The number of thiophene rings is 1. The van der Waals surface area contributed by atoms with Crippen molar-refractivity contribution in [1.29, 1.82) is 0 Å². The molecule has 27 heavy (non-hydrogen) atoms. The van der Waals surface area contributed by atoms with Crippen molar-refractivity contribution in [3.8, 4) is 0 Å². The highest BCUT2D eigenvalue weighted by Crippen LogP contribution is 2.35. The number of nitrogens with zero attached hydrogens (tertiary/aromatic N) is 2. The third-order valence-electron chi connectivity index (χ3n) is 4.93. The summed E-state index contributed by atoms with van der Waals surface area (Å²) in [5.74, 6) is -0.440. The van der Waals surface area contributed by atoms with Crippen LogP contribution in [0, 0.1) is 0 Å². The van der Waals surface area contributed by atoms with Crippen LogP contribution in [0.5, 0.6) is 0 Å². The Kier molecular flexibility index (Phi) is 3.62. The Morgan fingerprint density at radius 1 is 1.22 bits per heavy atom. The second-order valence-electron chi connectivity index (χ2n) is 6.74. The Balaban J connectivity index is 1.82. The summed E-state index contributed by atoms with van der Waals surface area (Å²) in [5.41, 5.74) is 6.40. The van der Waals surface area contributed by atoms with E-state index in [1.807, 2.05) is 19.1 Å². The molecule has 0 saturated carbocycles. The number of aromatic amines is 1. The normalized spacial score (nSPS) is 14.1. The predicted octanol–water partition coefficient (Wildman–Crippen LogP) is 4.67. The maximum atomic E-state index is 11.6. The number of nitrogens with one attached hydrogen (secondary N) is 1. The highest BCUT2D eigenvalue weighted by Gasteiger charge is 2.23. The Labute approximate surface area is 159 Å². The first-order valence-corrected chi connectivity index (χ1v) is 9.73. The third kappa shape index (κ3) is 2.56. The van der Waals surface area contributed by atoms with Gasteiger partial charge in [0.15, 0.2) is 5.58 Å². The van der Waals surface area contributed by atoms with E-state index in [2.05, 4.69) is 46.4 Å². The minimum Gasteiger partial charge on any atom is -0.408 e. The van der Waals surface area contributed by atoms with Gasteiger partial charge in [0.25, 0.3) is 0 Å². The van der Waals surface area contributed by atoms with Gasteiger partial charge in [-0.05, 0) is 48.1 Å². The summed E-state index contributed by atoms with van der Waals surface area (Å²) in [6.45, 7) is 4.14. The number of aromatic nitrogens is 1. The summed E-state index contributed by atoms with van der Waals surface area (Å²) in [7, 11) is 0. The van der Waals surface area contributed by atoms with Gasteiger partial charge in [-0.1, -0.05) is 25.1 Å². The van der Waals surface area contributed by atoms with Gasteiger partial charge in [0, 0.05) is 22.4 Å². The van der Waals surface area contributed by atoms with E-state index in [0.29, 0.717) is 17.5 Å². The zero-order chi connectivity index (χ0) is 18.5. The lowest BCUT2D eigenvalue weighted by atomic mass is 9.95. The van der Waals surface area contributed by atoms with Crippen LogP contribution >= 0.6 is 11.3 Å². The molecule has 6 heteroatoms. The molecule has 1 aliphatic heterocycles. The van der Waals surface area contributed by atoms with E-state index in [1.54, 1.807) is 11.3 Å². The second kappa shape index (κ2) is 6.03. The predicted molar refractivity (Wildman–Crippen MR) is 110 cm³/mol. The first-order valence-electron chi connectivity index (χ1n) is 8.92. The van der Waals surface area contributed by atoms with Gasteiger partial charge >= 0.3 is 5.76 Å². The van der Waals surface area contributed by atoms with Gasteiger partial charge in [0.2, 0.25) is 0 Å². The van der Waals surface area contributed by atoms with E-state index < -0.39 is 5.76 Å². The topological polar surface area (TPSA) is 70.7 Å². The lowest BCUT2D eigenvalue weighted by Crippen LogP contribution is -2.07. The highest BCUT2D eigenvalue weighted by molar-refractivity contribution is 7.21. The lowest BCUT2D eigenvalue weighted by Gasteiger charge is -2.09. The van der Waals surface area contributed by atoms with E-state index in [0.717, 1.165) is 33.8 Å². The highest BCUT2D eigenvalue weighted by atomic mass is 32.1. The molecule has 2 aromatic heterocycles. The molecular formula is C21H17N3O2S. The van der Waals surface area contributed by atoms with Gasteiger partial charge < -0.3 is 4.42 Å². The standard InChI is InChI=1S/C21H17N3O2S/c1-3-13-14-6-4-5-7-18(14)27-20(13)19-15-10-17-16(22-21(25)26-17)9-12(15)8-11(2)23-24-19/h4-7,9-10H,3,8H2,1-2H3,(H,22,25). The summed E-state index contributed by atoms with van der Waals surface area (Å²) in [6, 6.07) is 12.3. The van der Waals surface area contributed by atoms with Crippen molar-refractivity contribution in [3.63, 3.8) is 0 Å². The van der Waals surface area contributed by atoms with Crippen LogP contribution in [0.25, 0.3) is 21.2 Å². The first kappa shape index (κ1) is 16.2. The van der Waals surface area contributed by atoms with Crippen LogP contribution in [0.4, 0.5) is 0 Å².